The zero-order chi connectivity index (χ0) is 12.0. The summed E-state index contributed by atoms with van der Waals surface area (Å²) in [6.45, 7) is 9.66. The quantitative estimate of drug-likeness (QED) is 0.687. The van der Waals surface area contributed by atoms with E-state index in [1.54, 1.807) is 6.92 Å². The molecule has 0 aliphatic heterocycles. The van der Waals surface area contributed by atoms with Crippen molar-refractivity contribution in [1.29, 1.82) is 0 Å². The van der Waals surface area contributed by atoms with Crippen LogP contribution in [-0.2, 0) is 4.79 Å². The summed E-state index contributed by atoms with van der Waals surface area (Å²) in [4.78, 5) is 11.4. The van der Waals surface area contributed by atoms with Gasteiger partial charge < -0.3 is 5.11 Å². The van der Waals surface area contributed by atoms with Gasteiger partial charge in [-0.2, -0.15) is 0 Å². The van der Waals surface area contributed by atoms with Crippen LogP contribution in [0.4, 0.5) is 0 Å². The Bertz CT molecular complexity index is 239. The first-order valence-corrected chi connectivity index (χ1v) is 5.78. The summed E-state index contributed by atoms with van der Waals surface area (Å²) >= 11 is 0. The lowest BCUT2D eigenvalue weighted by Gasteiger charge is -2.15. The van der Waals surface area contributed by atoms with Gasteiger partial charge >= 0.3 is 0 Å². The van der Waals surface area contributed by atoms with E-state index in [0.717, 1.165) is 24.0 Å². The van der Waals surface area contributed by atoms with Crippen molar-refractivity contribution in [3.8, 4) is 0 Å². The number of aliphatic hydroxyl groups is 1. The molecule has 1 atom stereocenters. The smallest absolute Gasteiger partial charge is 0.155 e. The third kappa shape index (κ3) is 5.12. The summed E-state index contributed by atoms with van der Waals surface area (Å²) < 4.78 is 0. The van der Waals surface area contributed by atoms with Gasteiger partial charge in [0.05, 0.1) is 6.10 Å². The third-order valence-electron chi connectivity index (χ3n) is 2.76. The lowest BCUT2D eigenvalue weighted by molar-refractivity contribution is -0.113. The number of carbonyl (C=O) groups excluding carboxylic acids is 1. The Morgan fingerprint density at radius 2 is 1.80 bits per heavy atom. The Hall–Kier alpha value is -0.630. The number of hydrogen-bond acceptors (Lipinski definition) is 2. The molecule has 0 aromatic rings. The van der Waals surface area contributed by atoms with Crippen molar-refractivity contribution in [3.05, 3.63) is 11.1 Å². The van der Waals surface area contributed by atoms with Crippen LogP contribution in [0.2, 0.25) is 0 Å². The molecular formula is C13H24O2. The Balaban J connectivity index is 4.70. The molecule has 1 unspecified atom stereocenters. The second kappa shape index (κ2) is 6.78. The number of Topliss-reactive ketones (excluding diaryl/α,β-unsaturated/α-hetero) is 1. The lowest BCUT2D eigenvalue weighted by atomic mass is 9.93. The zero-order valence-electron chi connectivity index (χ0n) is 10.6. The van der Waals surface area contributed by atoms with Gasteiger partial charge in [0.15, 0.2) is 5.78 Å². The van der Waals surface area contributed by atoms with Crippen LogP contribution >= 0.6 is 0 Å². The molecule has 0 saturated carbocycles. The van der Waals surface area contributed by atoms with Crippen LogP contribution in [0.15, 0.2) is 11.1 Å². The van der Waals surface area contributed by atoms with Crippen LogP contribution in [0.25, 0.3) is 0 Å². The van der Waals surface area contributed by atoms with E-state index in [0.29, 0.717) is 12.3 Å². The van der Waals surface area contributed by atoms with E-state index in [4.69, 9.17) is 0 Å². The first kappa shape index (κ1) is 14.4. The molecule has 0 bridgehead atoms. The molecule has 0 rings (SSSR count). The van der Waals surface area contributed by atoms with Crippen LogP contribution in [0.3, 0.4) is 0 Å². The number of aliphatic hydroxyl groups excluding tert-OH is 1. The second-order valence-electron chi connectivity index (χ2n) is 4.57. The fraction of sp³-hybridized carbons (Fsp3) is 0.769. The summed E-state index contributed by atoms with van der Waals surface area (Å²) in [5, 5.41) is 9.70. The van der Waals surface area contributed by atoms with E-state index in [-0.39, 0.29) is 5.78 Å². The van der Waals surface area contributed by atoms with E-state index in [2.05, 4.69) is 13.8 Å². The average molecular weight is 212 g/mol. The molecule has 15 heavy (non-hydrogen) atoms. The first-order chi connectivity index (χ1) is 6.90. The van der Waals surface area contributed by atoms with Gasteiger partial charge in [0, 0.05) is 0 Å². The zero-order valence-corrected chi connectivity index (χ0v) is 10.6. The van der Waals surface area contributed by atoms with Gasteiger partial charge in [0.2, 0.25) is 0 Å². The fourth-order valence-electron chi connectivity index (χ4n) is 1.59. The maximum Gasteiger partial charge on any atom is 0.155 e. The Morgan fingerprint density at radius 1 is 1.27 bits per heavy atom. The van der Waals surface area contributed by atoms with E-state index in [9.17, 15) is 9.90 Å². The van der Waals surface area contributed by atoms with Crippen molar-refractivity contribution in [2.75, 3.05) is 0 Å². The first-order valence-electron chi connectivity index (χ1n) is 5.78. The maximum atomic E-state index is 11.4. The summed E-state index contributed by atoms with van der Waals surface area (Å²) in [5.41, 5.74) is 1.67. The summed E-state index contributed by atoms with van der Waals surface area (Å²) in [7, 11) is 0. The fourth-order valence-corrected chi connectivity index (χ4v) is 1.59. The monoisotopic (exact) mass is 212 g/mol. The highest BCUT2D eigenvalue weighted by Crippen LogP contribution is 2.19. The second-order valence-corrected chi connectivity index (χ2v) is 4.57. The summed E-state index contributed by atoms with van der Waals surface area (Å²) in [6, 6.07) is 0. The summed E-state index contributed by atoms with van der Waals surface area (Å²) in [5.74, 6) is 0.687. The minimum absolute atomic E-state index is 0.0978. The standard InChI is InChI=1S/C13H24O2/c1-6-13(15)10(4)12(11(5)14)8-7-9(2)3/h9,13,15H,6-8H2,1-5H3/b12-10-. The molecule has 0 radical (unpaired) electrons. The van der Waals surface area contributed by atoms with Crippen LogP contribution in [0.5, 0.6) is 0 Å². The average Bonchev–Trinajstić information content (AvgIpc) is 2.15. The van der Waals surface area contributed by atoms with Crippen molar-refractivity contribution in [3.63, 3.8) is 0 Å². The molecule has 0 aromatic heterocycles. The largest absolute Gasteiger partial charge is 0.389 e. The van der Waals surface area contributed by atoms with E-state index >= 15 is 0 Å². The van der Waals surface area contributed by atoms with Crippen molar-refractivity contribution in [1.82, 2.24) is 0 Å². The van der Waals surface area contributed by atoms with Gasteiger partial charge in [0.1, 0.15) is 0 Å². The molecule has 0 spiro atoms. The minimum Gasteiger partial charge on any atom is -0.389 e. The molecule has 0 amide bonds. The highest BCUT2D eigenvalue weighted by molar-refractivity contribution is 5.94. The lowest BCUT2D eigenvalue weighted by Crippen LogP contribution is -2.13. The molecule has 0 aliphatic carbocycles. The number of carbonyl (C=O) groups is 1. The van der Waals surface area contributed by atoms with Crippen molar-refractivity contribution >= 4 is 5.78 Å². The highest BCUT2D eigenvalue weighted by Gasteiger charge is 2.13. The van der Waals surface area contributed by atoms with Gasteiger partial charge in [-0.15, -0.1) is 0 Å². The highest BCUT2D eigenvalue weighted by atomic mass is 16.3. The van der Waals surface area contributed by atoms with Crippen molar-refractivity contribution in [2.24, 2.45) is 5.92 Å². The number of allylic oxidation sites excluding steroid dienone is 1. The molecule has 0 saturated heterocycles. The van der Waals surface area contributed by atoms with Gasteiger partial charge in [-0.3, -0.25) is 4.79 Å². The molecule has 0 heterocycles. The molecule has 2 nitrogen and oxygen atoms in total. The van der Waals surface area contributed by atoms with Crippen LogP contribution in [-0.4, -0.2) is 17.0 Å². The molecule has 1 N–H and O–H groups in total. The molecule has 88 valence electrons. The topological polar surface area (TPSA) is 37.3 Å². The van der Waals surface area contributed by atoms with E-state index in [1.807, 2.05) is 13.8 Å². The molecule has 0 aromatic carbocycles. The van der Waals surface area contributed by atoms with Crippen molar-refractivity contribution in [2.45, 2.75) is 60.0 Å². The van der Waals surface area contributed by atoms with E-state index in [1.165, 1.54) is 0 Å². The van der Waals surface area contributed by atoms with Crippen LogP contribution in [0, 0.1) is 5.92 Å². The predicted octanol–water partition coefficient (Wildman–Crippen LogP) is 3.10. The Kier molecular flexibility index (Phi) is 6.50. The van der Waals surface area contributed by atoms with Gasteiger partial charge in [0.25, 0.3) is 0 Å². The predicted molar refractivity (Wildman–Crippen MR) is 63.8 cm³/mol. The number of ketones is 1. The van der Waals surface area contributed by atoms with Crippen LogP contribution < -0.4 is 0 Å². The SMILES string of the molecule is CCC(O)/C(C)=C(/CCC(C)C)C(C)=O. The molecule has 0 aliphatic rings. The molecule has 0 fully saturated rings. The van der Waals surface area contributed by atoms with E-state index < -0.39 is 6.10 Å². The summed E-state index contributed by atoms with van der Waals surface area (Å²) in [6.07, 6.45) is 2.00. The van der Waals surface area contributed by atoms with Crippen molar-refractivity contribution < 1.29 is 9.90 Å². The Morgan fingerprint density at radius 3 is 2.13 bits per heavy atom. The normalized spacial score (nSPS) is 15.1. The minimum atomic E-state index is -0.462. The van der Waals surface area contributed by atoms with Gasteiger partial charge in [-0.1, -0.05) is 20.8 Å². The van der Waals surface area contributed by atoms with Gasteiger partial charge in [-0.05, 0) is 50.2 Å². The van der Waals surface area contributed by atoms with Gasteiger partial charge in [-0.25, -0.2) is 0 Å². The van der Waals surface area contributed by atoms with Crippen LogP contribution in [0.1, 0.15) is 53.9 Å². The number of hydrogen-bond donors (Lipinski definition) is 1. The number of rotatable bonds is 6. The molecular weight excluding hydrogens is 188 g/mol. The maximum absolute atomic E-state index is 11.4. The third-order valence-corrected chi connectivity index (χ3v) is 2.76. The Labute approximate surface area is 93.4 Å². The molecule has 2 heteroatoms.